The Morgan fingerprint density at radius 2 is 1.12 bits per heavy atom. The number of hydrogen-bond acceptors (Lipinski definition) is 9. The largest absolute Gasteiger partial charge is 0.515 e. The third-order valence-corrected chi connectivity index (χ3v) is 8.52. The highest BCUT2D eigenvalue weighted by Gasteiger charge is 2.22. The van der Waals surface area contributed by atoms with Crippen LogP contribution >= 0.6 is 0 Å². The van der Waals surface area contributed by atoms with E-state index in [-0.39, 0.29) is 44.1 Å². The normalized spacial score (nSPS) is 11.5. The average molecular weight is 693 g/mol. The summed E-state index contributed by atoms with van der Waals surface area (Å²) in [7, 11) is 0. The lowest BCUT2D eigenvalue weighted by atomic mass is 9.91. The topological polar surface area (TPSA) is 193 Å². The standard InChI is InChI=1S/C21H12O6.C20H12O5/c22-10-16-17(24)8-7-15-19(12-3-1-2-4-13(12)21(25)26)14-6-5-11(23)9-18(14)27-20(15)16;21-11-5-7-15-17(9-11)25-18-10-12(22)6-8-16(18)19(15)13-3-1-2-4-14(13)20(23)24/h1-10,22H,(H,25,26);1-10,21H,(H,23,24). The van der Waals surface area contributed by atoms with E-state index in [1.165, 1.54) is 60.7 Å². The monoisotopic (exact) mass is 692 g/mol. The van der Waals surface area contributed by atoms with Gasteiger partial charge in [-0.3, -0.25) is 14.4 Å². The predicted molar refractivity (Wildman–Crippen MR) is 194 cm³/mol. The molecule has 0 saturated heterocycles. The van der Waals surface area contributed by atoms with Gasteiger partial charge in [0.25, 0.3) is 0 Å². The molecule has 0 fully saturated rings. The zero-order chi connectivity index (χ0) is 36.7. The van der Waals surface area contributed by atoms with E-state index in [1.54, 1.807) is 54.6 Å². The minimum absolute atomic E-state index is 0.0198. The second kappa shape index (κ2) is 13.1. The molecular formula is C41H24O11. The quantitative estimate of drug-likeness (QED) is 0.144. The zero-order valence-corrected chi connectivity index (χ0v) is 26.7. The highest BCUT2D eigenvalue weighted by atomic mass is 16.4. The lowest BCUT2D eigenvalue weighted by Crippen LogP contribution is -2.24. The molecule has 11 heteroatoms. The van der Waals surface area contributed by atoms with Crippen LogP contribution in [0.4, 0.5) is 0 Å². The molecule has 1 aromatic heterocycles. The van der Waals surface area contributed by atoms with Crippen LogP contribution in [-0.4, -0.2) is 32.4 Å². The molecule has 1 aliphatic carbocycles. The highest BCUT2D eigenvalue weighted by molar-refractivity contribution is 6.12. The molecule has 0 radical (unpaired) electrons. The van der Waals surface area contributed by atoms with Crippen LogP contribution in [0.1, 0.15) is 20.7 Å². The number of carboxylic acid groups (broad SMARTS) is 2. The number of carboxylic acids is 2. The van der Waals surface area contributed by atoms with Crippen LogP contribution < -0.4 is 21.5 Å². The molecule has 6 aromatic rings. The SMILES string of the molecule is O=C(O)c1ccccc1-c1c2ccc(=O)cc-2oc2cc(O)ccc12.O=C(O)c1ccccc1-c1c2ccc(=O)cc2oc2c(=CO)c(=O)ccc12. The van der Waals surface area contributed by atoms with Crippen LogP contribution in [0.5, 0.6) is 5.75 Å². The van der Waals surface area contributed by atoms with Crippen molar-refractivity contribution in [3.63, 3.8) is 0 Å². The molecule has 0 saturated carbocycles. The molecule has 0 bridgehead atoms. The van der Waals surface area contributed by atoms with E-state index in [1.807, 2.05) is 0 Å². The van der Waals surface area contributed by atoms with E-state index < -0.39 is 17.4 Å². The maximum absolute atomic E-state index is 12.1. The number of fused-ring (bicyclic) bond motifs is 4. The zero-order valence-electron chi connectivity index (χ0n) is 26.7. The Bertz CT molecular complexity index is 2960. The number of phenols is 1. The summed E-state index contributed by atoms with van der Waals surface area (Å²) in [6.07, 6.45) is 0.647. The van der Waals surface area contributed by atoms with Crippen LogP contribution in [-0.2, 0) is 0 Å². The molecule has 0 atom stereocenters. The van der Waals surface area contributed by atoms with Gasteiger partial charge in [0.2, 0.25) is 0 Å². The van der Waals surface area contributed by atoms with Crippen molar-refractivity contribution < 1.29 is 38.8 Å². The van der Waals surface area contributed by atoms with Crippen molar-refractivity contribution >= 4 is 51.1 Å². The van der Waals surface area contributed by atoms with Crippen LogP contribution in [0, 0.1) is 0 Å². The van der Waals surface area contributed by atoms with Gasteiger partial charge in [0.05, 0.1) is 22.6 Å². The van der Waals surface area contributed by atoms with Crippen molar-refractivity contribution in [2.75, 3.05) is 0 Å². The van der Waals surface area contributed by atoms with Crippen LogP contribution in [0.25, 0.3) is 72.7 Å². The summed E-state index contributed by atoms with van der Waals surface area (Å²) in [5, 5.41) is 39.9. The van der Waals surface area contributed by atoms with E-state index in [4.69, 9.17) is 8.83 Å². The average Bonchev–Trinajstić information content (AvgIpc) is 3.13. The minimum atomic E-state index is -1.11. The smallest absolute Gasteiger partial charge is 0.336 e. The van der Waals surface area contributed by atoms with E-state index in [0.717, 1.165) is 0 Å². The number of rotatable bonds is 4. The maximum atomic E-state index is 12.1. The van der Waals surface area contributed by atoms with Crippen molar-refractivity contribution in [3.05, 3.63) is 162 Å². The summed E-state index contributed by atoms with van der Waals surface area (Å²) in [5.74, 6) is -1.80. The van der Waals surface area contributed by atoms with Gasteiger partial charge in [-0.1, -0.05) is 36.4 Å². The van der Waals surface area contributed by atoms with Crippen molar-refractivity contribution in [2.45, 2.75) is 0 Å². The second-order valence-electron chi connectivity index (χ2n) is 11.6. The third-order valence-electron chi connectivity index (χ3n) is 8.52. The molecule has 1 aliphatic heterocycles. The molecule has 0 spiro atoms. The van der Waals surface area contributed by atoms with Gasteiger partial charge in [0.1, 0.15) is 28.3 Å². The number of aromatic carboxylic acids is 2. The molecule has 52 heavy (non-hydrogen) atoms. The lowest BCUT2D eigenvalue weighted by molar-refractivity contribution is 0.0687. The Balaban J connectivity index is 0.000000162. The molecule has 0 unspecified atom stereocenters. The van der Waals surface area contributed by atoms with Gasteiger partial charge in [-0.25, -0.2) is 9.59 Å². The molecule has 0 amide bonds. The number of phenolic OH excluding ortho intramolecular Hbond substituents is 1. The molecule has 254 valence electrons. The van der Waals surface area contributed by atoms with E-state index in [9.17, 15) is 44.4 Å². The fourth-order valence-electron chi connectivity index (χ4n) is 6.27. The summed E-state index contributed by atoms with van der Waals surface area (Å²) >= 11 is 0. The van der Waals surface area contributed by atoms with Crippen LogP contribution in [0.3, 0.4) is 0 Å². The van der Waals surface area contributed by atoms with E-state index in [2.05, 4.69) is 0 Å². The number of aliphatic hydroxyl groups excluding tert-OH is 1. The third kappa shape index (κ3) is 5.77. The van der Waals surface area contributed by atoms with Gasteiger partial charge in [-0.2, -0.15) is 0 Å². The maximum Gasteiger partial charge on any atom is 0.336 e. The number of benzene rings is 6. The van der Waals surface area contributed by atoms with Crippen molar-refractivity contribution in [2.24, 2.45) is 0 Å². The summed E-state index contributed by atoms with van der Waals surface area (Å²) in [4.78, 5) is 59.0. The van der Waals surface area contributed by atoms with Gasteiger partial charge in [0.15, 0.2) is 16.3 Å². The van der Waals surface area contributed by atoms with Gasteiger partial charge < -0.3 is 29.3 Å². The molecule has 11 nitrogen and oxygen atoms in total. The molecule has 2 heterocycles. The van der Waals surface area contributed by atoms with E-state index in [0.29, 0.717) is 61.6 Å². The van der Waals surface area contributed by atoms with Crippen LogP contribution in [0.2, 0.25) is 0 Å². The fraction of sp³-hybridized carbons (Fsp3) is 0. The first-order valence-corrected chi connectivity index (χ1v) is 15.6. The predicted octanol–water partition coefficient (Wildman–Crippen LogP) is 6.66. The Labute approximate surface area is 291 Å². The van der Waals surface area contributed by atoms with Crippen molar-refractivity contribution in [1.82, 2.24) is 0 Å². The Kier molecular flexibility index (Phi) is 8.29. The first-order valence-electron chi connectivity index (χ1n) is 15.6. The summed E-state index contributed by atoms with van der Waals surface area (Å²) in [5.41, 5.74) is 2.61. The lowest BCUT2D eigenvalue weighted by Gasteiger charge is -2.16. The molecule has 5 aromatic carbocycles. The first-order chi connectivity index (χ1) is 25.0. The Morgan fingerprint density at radius 3 is 1.79 bits per heavy atom. The molecule has 8 rings (SSSR count). The van der Waals surface area contributed by atoms with Crippen LogP contribution in [0.15, 0.2) is 138 Å². The fourth-order valence-corrected chi connectivity index (χ4v) is 6.27. The Hall–Kier alpha value is -7.53. The summed E-state index contributed by atoms with van der Waals surface area (Å²) in [6.45, 7) is 0. The number of carbonyl (C=O) groups is 2. The van der Waals surface area contributed by atoms with Gasteiger partial charge in [-0.15, -0.1) is 0 Å². The number of aliphatic hydroxyl groups is 1. The van der Waals surface area contributed by atoms with E-state index >= 15 is 0 Å². The summed E-state index contributed by atoms with van der Waals surface area (Å²) < 4.78 is 11.5. The number of hydrogen-bond donors (Lipinski definition) is 4. The van der Waals surface area contributed by atoms with Crippen molar-refractivity contribution in [3.8, 4) is 39.3 Å². The molecule has 2 aliphatic rings. The highest BCUT2D eigenvalue weighted by Crippen LogP contribution is 2.42. The molecule has 4 N–H and O–H groups in total. The second-order valence-corrected chi connectivity index (χ2v) is 11.6. The number of aromatic hydroxyl groups is 1. The van der Waals surface area contributed by atoms with Gasteiger partial charge in [0, 0.05) is 51.0 Å². The van der Waals surface area contributed by atoms with Crippen molar-refractivity contribution in [1.29, 1.82) is 0 Å². The summed E-state index contributed by atoms with van der Waals surface area (Å²) in [6, 6.07) is 29.1. The van der Waals surface area contributed by atoms with Gasteiger partial charge in [-0.05, 0) is 71.8 Å². The molecular weight excluding hydrogens is 668 g/mol. The minimum Gasteiger partial charge on any atom is -0.515 e. The first kappa shape index (κ1) is 33.0. The van der Waals surface area contributed by atoms with Gasteiger partial charge >= 0.3 is 11.9 Å². The Morgan fingerprint density at radius 1 is 0.558 bits per heavy atom.